The third-order valence-corrected chi connectivity index (χ3v) is 3.47. The van der Waals surface area contributed by atoms with Gasteiger partial charge in [-0.15, -0.1) is 0 Å². The number of rotatable bonds is 3. The zero-order valence-electron chi connectivity index (χ0n) is 9.74. The fraction of sp³-hybridized carbons (Fsp3) is 0.750. The summed E-state index contributed by atoms with van der Waals surface area (Å²) in [4.78, 5) is 0. The van der Waals surface area contributed by atoms with Crippen molar-refractivity contribution in [2.45, 2.75) is 33.2 Å². The van der Waals surface area contributed by atoms with Crippen molar-refractivity contribution in [2.75, 3.05) is 13.1 Å². The van der Waals surface area contributed by atoms with Gasteiger partial charge in [0, 0.05) is 12.7 Å². The molecule has 15 heavy (non-hydrogen) atoms. The van der Waals surface area contributed by atoms with Gasteiger partial charge in [0.2, 0.25) is 0 Å². The summed E-state index contributed by atoms with van der Waals surface area (Å²) < 4.78 is 2.01. The van der Waals surface area contributed by atoms with Gasteiger partial charge in [-0.3, -0.25) is 4.68 Å². The lowest BCUT2D eigenvalue weighted by Crippen LogP contribution is -2.35. The summed E-state index contributed by atoms with van der Waals surface area (Å²) in [5.74, 6) is 1.63. The molecule has 0 amide bonds. The van der Waals surface area contributed by atoms with E-state index in [1.807, 2.05) is 10.9 Å². The normalized spacial score (nSPS) is 26.8. The molecule has 1 N–H and O–H groups in total. The minimum absolute atomic E-state index is 0.795. The molecule has 2 unspecified atom stereocenters. The van der Waals surface area contributed by atoms with Gasteiger partial charge in [0.25, 0.3) is 0 Å². The van der Waals surface area contributed by atoms with Gasteiger partial charge in [-0.25, -0.2) is 0 Å². The Morgan fingerprint density at radius 2 is 2.47 bits per heavy atom. The van der Waals surface area contributed by atoms with Gasteiger partial charge >= 0.3 is 0 Å². The Hall–Kier alpha value is -0.830. The molecule has 0 bridgehead atoms. The molecule has 2 rings (SSSR count). The van der Waals surface area contributed by atoms with E-state index in [0.29, 0.717) is 0 Å². The van der Waals surface area contributed by atoms with Crippen LogP contribution >= 0.6 is 0 Å². The molecular weight excluding hydrogens is 186 g/mol. The van der Waals surface area contributed by atoms with Crippen LogP contribution in [-0.2, 0) is 13.0 Å². The van der Waals surface area contributed by atoms with Crippen LogP contribution in [0.25, 0.3) is 0 Å². The Balaban J connectivity index is 1.95. The highest BCUT2D eigenvalue weighted by molar-refractivity contribution is 5.05. The summed E-state index contributed by atoms with van der Waals surface area (Å²) in [6.45, 7) is 7.80. The smallest absolute Gasteiger partial charge is 0.0521 e. The Morgan fingerprint density at radius 1 is 1.60 bits per heavy atom. The largest absolute Gasteiger partial charge is 0.316 e. The molecule has 3 nitrogen and oxygen atoms in total. The van der Waals surface area contributed by atoms with Gasteiger partial charge in [0.1, 0.15) is 0 Å². The van der Waals surface area contributed by atoms with E-state index >= 15 is 0 Å². The molecular formula is C12H21N3. The van der Waals surface area contributed by atoms with Crippen LogP contribution in [-0.4, -0.2) is 22.9 Å². The minimum atomic E-state index is 0.795. The summed E-state index contributed by atoms with van der Waals surface area (Å²) in [5, 5.41) is 7.77. The zero-order valence-corrected chi connectivity index (χ0v) is 9.74. The Bertz CT molecular complexity index is 306. The van der Waals surface area contributed by atoms with Crippen LogP contribution in [0.5, 0.6) is 0 Å². The molecule has 0 aromatic carbocycles. The highest BCUT2D eigenvalue weighted by atomic mass is 15.3. The van der Waals surface area contributed by atoms with Gasteiger partial charge in [-0.05, 0) is 50.3 Å². The predicted octanol–water partition coefficient (Wildman–Crippen LogP) is 1.69. The monoisotopic (exact) mass is 207 g/mol. The molecule has 3 heteroatoms. The van der Waals surface area contributed by atoms with Gasteiger partial charge in [-0.2, -0.15) is 5.10 Å². The Labute approximate surface area is 91.9 Å². The second-order valence-corrected chi connectivity index (χ2v) is 4.64. The van der Waals surface area contributed by atoms with Crippen molar-refractivity contribution in [3.05, 3.63) is 18.0 Å². The molecule has 2 heterocycles. The van der Waals surface area contributed by atoms with Crippen molar-refractivity contribution in [3.63, 3.8) is 0 Å². The van der Waals surface area contributed by atoms with E-state index in [-0.39, 0.29) is 0 Å². The van der Waals surface area contributed by atoms with E-state index in [1.165, 1.54) is 31.5 Å². The highest BCUT2D eigenvalue weighted by Gasteiger charge is 2.21. The first kappa shape index (κ1) is 10.7. The molecule has 1 aliphatic rings. The summed E-state index contributed by atoms with van der Waals surface area (Å²) in [6, 6.07) is 0. The van der Waals surface area contributed by atoms with Crippen LogP contribution in [0, 0.1) is 11.8 Å². The van der Waals surface area contributed by atoms with E-state index in [9.17, 15) is 0 Å². The molecule has 1 aromatic heterocycles. The fourth-order valence-electron chi connectivity index (χ4n) is 2.36. The number of hydrogen-bond donors (Lipinski definition) is 1. The standard InChI is InChI=1S/C12H21N3/c1-3-15-9-11(8-14-15)6-12-4-5-13-7-10(12)2/h8-10,12-13H,3-7H2,1-2H3. The molecule has 0 aliphatic carbocycles. The number of nitrogens with one attached hydrogen (secondary N) is 1. The van der Waals surface area contributed by atoms with Crippen molar-refractivity contribution >= 4 is 0 Å². The summed E-state index contributed by atoms with van der Waals surface area (Å²) in [6.07, 6.45) is 6.72. The fourth-order valence-corrected chi connectivity index (χ4v) is 2.36. The molecule has 0 radical (unpaired) electrons. The topological polar surface area (TPSA) is 29.9 Å². The molecule has 84 valence electrons. The van der Waals surface area contributed by atoms with Crippen LogP contribution in [0.4, 0.5) is 0 Å². The van der Waals surface area contributed by atoms with E-state index in [0.717, 1.165) is 18.4 Å². The minimum Gasteiger partial charge on any atom is -0.316 e. The van der Waals surface area contributed by atoms with E-state index in [2.05, 4.69) is 30.5 Å². The van der Waals surface area contributed by atoms with Crippen molar-refractivity contribution in [1.29, 1.82) is 0 Å². The van der Waals surface area contributed by atoms with Gasteiger partial charge in [0.05, 0.1) is 6.20 Å². The van der Waals surface area contributed by atoms with E-state index in [4.69, 9.17) is 0 Å². The second-order valence-electron chi connectivity index (χ2n) is 4.64. The number of aromatic nitrogens is 2. The predicted molar refractivity (Wildman–Crippen MR) is 61.7 cm³/mol. The average Bonchev–Trinajstić information content (AvgIpc) is 2.69. The maximum Gasteiger partial charge on any atom is 0.0521 e. The SMILES string of the molecule is CCn1cc(CC2CCNCC2C)cn1. The van der Waals surface area contributed by atoms with Crippen LogP contribution in [0.2, 0.25) is 0 Å². The number of nitrogens with zero attached hydrogens (tertiary/aromatic N) is 2. The molecule has 2 atom stereocenters. The van der Waals surface area contributed by atoms with Gasteiger partial charge < -0.3 is 5.32 Å². The lowest BCUT2D eigenvalue weighted by molar-refractivity contribution is 0.272. The third-order valence-electron chi connectivity index (χ3n) is 3.47. The van der Waals surface area contributed by atoms with Crippen molar-refractivity contribution < 1.29 is 0 Å². The zero-order chi connectivity index (χ0) is 10.7. The van der Waals surface area contributed by atoms with Crippen LogP contribution in [0.3, 0.4) is 0 Å². The average molecular weight is 207 g/mol. The lowest BCUT2D eigenvalue weighted by Gasteiger charge is -2.29. The van der Waals surface area contributed by atoms with E-state index < -0.39 is 0 Å². The summed E-state index contributed by atoms with van der Waals surface area (Å²) in [7, 11) is 0. The summed E-state index contributed by atoms with van der Waals surface area (Å²) in [5.41, 5.74) is 1.40. The number of aryl methyl sites for hydroxylation is 1. The van der Waals surface area contributed by atoms with Crippen LogP contribution in [0.1, 0.15) is 25.8 Å². The Kier molecular flexibility index (Phi) is 3.41. The quantitative estimate of drug-likeness (QED) is 0.817. The first-order chi connectivity index (χ1) is 7.29. The van der Waals surface area contributed by atoms with Crippen molar-refractivity contribution in [1.82, 2.24) is 15.1 Å². The van der Waals surface area contributed by atoms with Crippen LogP contribution in [0.15, 0.2) is 12.4 Å². The Morgan fingerprint density at radius 3 is 3.13 bits per heavy atom. The van der Waals surface area contributed by atoms with Crippen molar-refractivity contribution in [3.8, 4) is 0 Å². The summed E-state index contributed by atoms with van der Waals surface area (Å²) >= 11 is 0. The lowest BCUT2D eigenvalue weighted by atomic mass is 9.84. The first-order valence-corrected chi connectivity index (χ1v) is 6.01. The number of piperidine rings is 1. The van der Waals surface area contributed by atoms with E-state index in [1.54, 1.807) is 0 Å². The molecule has 1 saturated heterocycles. The van der Waals surface area contributed by atoms with Crippen molar-refractivity contribution in [2.24, 2.45) is 11.8 Å². The second kappa shape index (κ2) is 4.79. The molecule has 1 aliphatic heterocycles. The molecule has 0 spiro atoms. The maximum atomic E-state index is 4.33. The highest BCUT2D eigenvalue weighted by Crippen LogP contribution is 2.22. The molecule has 1 fully saturated rings. The van der Waals surface area contributed by atoms with Gasteiger partial charge in [0.15, 0.2) is 0 Å². The molecule has 1 aromatic rings. The van der Waals surface area contributed by atoms with Gasteiger partial charge in [-0.1, -0.05) is 6.92 Å². The third kappa shape index (κ3) is 2.59. The maximum absolute atomic E-state index is 4.33. The first-order valence-electron chi connectivity index (χ1n) is 6.01. The number of hydrogen-bond acceptors (Lipinski definition) is 2. The van der Waals surface area contributed by atoms with Crippen LogP contribution < -0.4 is 5.32 Å². The molecule has 0 saturated carbocycles.